The maximum atomic E-state index is 12.7. The Labute approximate surface area is 181 Å². The zero-order valence-corrected chi connectivity index (χ0v) is 21.0. The molecule has 0 spiro atoms. The lowest BCUT2D eigenvalue weighted by atomic mass is 10.1. The van der Waals surface area contributed by atoms with Crippen molar-refractivity contribution in [3.05, 3.63) is 0 Å². The molecule has 0 radical (unpaired) electrons. The van der Waals surface area contributed by atoms with E-state index in [1.165, 1.54) is 64.2 Å². The summed E-state index contributed by atoms with van der Waals surface area (Å²) >= 11 is 0. The first-order valence-corrected chi connectivity index (χ1v) is 15.1. The Bertz CT molecular complexity index is 415. The molecule has 0 bridgehead atoms. The fourth-order valence-electron chi connectivity index (χ4n) is 3.12. The zero-order chi connectivity index (χ0) is 21.8. The summed E-state index contributed by atoms with van der Waals surface area (Å²) in [7, 11) is -4.91. The van der Waals surface area contributed by atoms with Crippen molar-refractivity contribution in [1.29, 1.82) is 0 Å². The SMILES string of the molecule is CCCCCCCCP(CCCCCCCC)C(=O)COP(=O)(O)OCCCC. The Morgan fingerprint density at radius 3 is 1.66 bits per heavy atom. The zero-order valence-electron chi connectivity index (χ0n) is 19.2. The van der Waals surface area contributed by atoms with Crippen LogP contribution in [0.2, 0.25) is 0 Å². The molecule has 0 amide bonds. The second-order valence-corrected chi connectivity index (χ2v) is 11.8. The highest BCUT2D eigenvalue weighted by Gasteiger charge is 2.25. The summed E-state index contributed by atoms with van der Waals surface area (Å²) in [5.41, 5.74) is 0.00971. The highest BCUT2D eigenvalue weighted by Crippen LogP contribution is 2.46. The van der Waals surface area contributed by atoms with Crippen molar-refractivity contribution in [2.75, 3.05) is 25.5 Å². The van der Waals surface area contributed by atoms with Gasteiger partial charge in [-0.05, 0) is 39.5 Å². The van der Waals surface area contributed by atoms with Crippen LogP contribution >= 0.6 is 15.7 Å². The molecule has 7 heteroatoms. The molecule has 0 rings (SSSR count). The van der Waals surface area contributed by atoms with Crippen molar-refractivity contribution >= 4 is 21.3 Å². The normalized spacial score (nSPS) is 13.7. The van der Waals surface area contributed by atoms with Crippen LogP contribution in [0.4, 0.5) is 0 Å². The first-order chi connectivity index (χ1) is 14.0. The Hall–Kier alpha value is 0.210. The Balaban J connectivity index is 4.36. The molecule has 0 heterocycles. The van der Waals surface area contributed by atoms with Crippen molar-refractivity contribution in [2.45, 2.75) is 111 Å². The lowest BCUT2D eigenvalue weighted by molar-refractivity contribution is -0.113. The van der Waals surface area contributed by atoms with E-state index in [0.29, 0.717) is 6.42 Å². The van der Waals surface area contributed by atoms with Gasteiger partial charge in [-0.25, -0.2) is 4.57 Å². The lowest BCUT2D eigenvalue weighted by Gasteiger charge is -2.18. The molecular weight excluding hydrogens is 406 g/mol. The molecule has 0 aromatic rings. The standard InChI is InChI=1S/C22H46O5P2/c1-4-7-10-12-14-16-19-28(20-17-15-13-11-8-5-2)22(23)21-27-29(24,25)26-18-9-6-3/h4-21H2,1-3H3,(H,24,25). The smallest absolute Gasteiger partial charge is 0.302 e. The van der Waals surface area contributed by atoms with Gasteiger partial charge in [0.2, 0.25) is 0 Å². The van der Waals surface area contributed by atoms with Gasteiger partial charge in [0.15, 0.2) is 5.52 Å². The first kappa shape index (κ1) is 29.2. The van der Waals surface area contributed by atoms with Crippen LogP contribution in [0.15, 0.2) is 0 Å². The minimum absolute atomic E-state index is 0.00971. The summed E-state index contributed by atoms with van der Waals surface area (Å²) in [6.45, 7) is 6.29. The molecule has 5 nitrogen and oxygen atoms in total. The Morgan fingerprint density at radius 1 is 0.724 bits per heavy atom. The van der Waals surface area contributed by atoms with Crippen LogP contribution in [0.25, 0.3) is 0 Å². The van der Waals surface area contributed by atoms with Gasteiger partial charge < -0.3 is 4.89 Å². The van der Waals surface area contributed by atoms with Crippen LogP contribution < -0.4 is 0 Å². The third-order valence-electron chi connectivity index (χ3n) is 5.02. The van der Waals surface area contributed by atoms with Crippen molar-refractivity contribution in [2.24, 2.45) is 0 Å². The number of hydrogen-bond donors (Lipinski definition) is 1. The van der Waals surface area contributed by atoms with E-state index in [1.54, 1.807) is 0 Å². The van der Waals surface area contributed by atoms with Crippen molar-refractivity contribution in [3.63, 3.8) is 0 Å². The number of unbranched alkanes of at least 4 members (excludes halogenated alkanes) is 11. The summed E-state index contributed by atoms with van der Waals surface area (Å²) in [5, 5.41) is 0. The number of phosphoric ester groups is 1. The van der Waals surface area contributed by atoms with E-state index in [2.05, 4.69) is 13.8 Å². The summed E-state index contributed by atoms with van der Waals surface area (Å²) in [4.78, 5) is 22.4. The number of rotatable bonds is 22. The molecule has 0 saturated heterocycles. The highest BCUT2D eigenvalue weighted by atomic mass is 31.2. The molecule has 1 atom stereocenters. The fraction of sp³-hybridized carbons (Fsp3) is 0.955. The van der Waals surface area contributed by atoms with Gasteiger partial charge in [-0.1, -0.05) is 91.4 Å². The predicted octanol–water partition coefficient (Wildman–Crippen LogP) is 7.65. The maximum absolute atomic E-state index is 12.7. The monoisotopic (exact) mass is 452 g/mol. The van der Waals surface area contributed by atoms with E-state index >= 15 is 0 Å². The van der Waals surface area contributed by atoms with Gasteiger partial charge >= 0.3 is 7.82 Å². The second-order valence-electron chi connectivity index (χ2n) is 7.85. The second kappa shape index (κ2) is 20.1. The molecule has 0 saturated carbocycles. The third kappa shape index (κ3) is 18.7. The van der Waals surface area contributed by atoms with Crippen LogP contribution in [0.5, 0.6) is 0 Å². The number of carbonyl (C=O) groups is 1. The molecule has 174 valence electrons. The van der Waals surface area contributed by atoms with Crippen LogP contribution in [-0.2, 0) is 18.4 Å². The molecule has 0 fully saturated rings. The van der Waals surface area contributed by atoms with Crippen molar-refractivity contribution < 1.29 is 23.3 Å². The fourth-order valence-corrected chi connectivity index (χ4v) is 6.11. The Kier molecular flexibility index (Phi) is 20.3. The van der Waals surface area contributed by atoms with Crippen LogP contribution in [0.3, 0.4) is 0 Å². The van der Waals surface area contributed by atoms with Crippen molar-refractivity contribution in [1.82, 2.24) is 0 Å². The summed E-state index contributed by atoms with van der Waals surface area (Å²) in [6.07, 6.45) is 17.9. The molecule has 0 aliphatic heterocycles. The largest absolute Gasteiger partial charge is 0.472 e. The number of hydrogen-bond acceptors (Lipinski definition) is 4. The topological polar surface area (TPSA) is 72.8 Å². The highest BCUT2D eigenvalue weighted by molar-refractivity contribution is 7.74. The minimum Gasteiger partial charge on any atom is -0.302 e. The van der Waals surface area contributed by atoms with E-state index in [4.69, 9.17) is 9.05 Å². The molecule has 0 aromatic heterocycles. The van der Waals surface area contributed by atoms with Crippen molar-refractivity contribution in [3.8, 4) is 0 Å². The quantitative estimate of drug-likeness (QED) is 0.135. The average Bonchev–Trinajstić information content (AvgIpc) is 2.70. The van der Waals surface area contributed by atoms with Gasteiger partial charge in [-0.3, -0.25) is 13.8 Å². The summed E-state index contributed by atoms with van der Waals surface area (Å²) in [6, 6.07) is 0. The van der Waals surface area contributed by atoms with Crippen LogP contribution in [-0.4, -0.2) is 36.0 Å². The lowest BCUT2D eigenvalue weighted by Crippen LogP contribution is -2.11. The van der Waals surface area contributed by atoms with Gasteiger partial charge in [0.25, 0.3) is 0 Å². The van der Waals surface area contributed by atoms with Crippen LogP contribution in [0, 0.1) is 0 Å². The maximum Gasteiger partial charge on any atom is 0.472 e. The third-order valence-corrected chi connectivity index (χ3v) is 8.53. The summed E-state index contributed by atoms with van der Waals surface area (Å²) < 4.78 is 21.8. The Morgan fingerprint density at radius 2 is 1.17 bits per heavy atom. The molecule has 0 aliphatic rings. The van der Waals surface area contributed by atoms with Gasteiger partial charge in [-0.15, -0.1) is 0 Å². The van der Waals surface area contributed by atoms with E-state index in [0.717, 1.165) is 31.6 Å². The van der Waals surface area contributed by atoms with E-state index in [1.807, 2.05) is 6.92 Å². The average molecular weight is 453 g/mol. The predicted molar refractivity (Wildman–Crippen MR) is 125 cm³/mol. The van der Waals surface area contributed by atoms with Gasteiger partial charge in [0, 0.05) is 0 Å². The number of phosphoric acid groups is 1. The molecule has 1 N–H and O–H groups in total. The molecule has 0 aliphatic carbocycles. The van der Waals surface area contributed by atoms with E-state index in [9.17, 15) is 14.3 Å². The van der Waals surface area contributed by atoms with E-state index < -0.39 is 15.7 Å². The van der Waals surface area contributed by atoms with Crippen LogP contribution in [0.1, 0.15) is 111 Å². The molecular formula is C22H46O5P2. The van der Waals surface area contributed by atoms with Gasteiger partial charge in [0.05, 0.1) is 6.61 Å². The number of carbonyl (C=O) groups excluding carboxylic acids is 1. The van der Waals surface area contributed by atoms with Gasteiger partial charge in [-0.2, -0.15) is 0 Å². The molecule has 1 unspecified atom stereocenters. The molecule has 29 heavy (non-hydrogen) atoms. The first-order valence-electron chi connectivity index (χ1n) is 11.9. The minimum atomic E-state index is -4.11. The van der Waals surface area contributed by atoms with E-state index in [-0.39, 0.29) is 18.7 Å². The molecule has 0 aromatic carbocycles. The van der Waals surface area contributed by atoms with Gasteiger partial charge in [0.1, 0.15) is 6.61 Å². The summed E-state index contributed by atoms with van der Waals surface area (Å²) in [5.74, 6) is 0.